The zero-order chi connectivity index (χ0) is 15.0. The van der Waals surface area contributed by atoms with Crippen LogP contribution in [0.15, 0.2) is 23.1 Å². The van der Waals surface area contributed by atoms with Crippen LogP contribution in [-0.2, 0) is 0 Å². The van der Waals surface area contributed by atoms with Gasteiger partial charge < -0.3 is 20.3 Å². The Morgan fingerprint density at radius 3 is 2.67 bits per heavy atom. The average molecular weight is 291 g/mol. The molecule has 0 atom stereocenters. The molecule has 0 spiro atoms. The van der Waals surface area contributed by atoms with Gasteiger partial charge in [0, 0.05) is 43.8 Å². The van der Waals surface area contributed by atoms with Gasteiger partial charge in [0.05, 0.1) is 11.2 Å². The van der Waals surface area contributed by atoms with E-state index in [2.05, 4.69) is 10.3 Å². The Balaban J connectivity index is 2.18. The van der Waals surface area contributed by atoms with Crippen LogP contribution in [0.4, 0.5) is 10.1 Å². The number of fused-ring (bicyclic) bond motifs is 1. The molecule has 7 heteroatoms. The second-order valence-electron chi connectivity index (χ2n) is 4.92. The lowest BCUT2D eigenvalue weighted by Gasteiger charge is -2.29. The number of benzene rings is 1. The first kappa shape index (κ1) is 13.6. The van der Waals surface area contributed by atoms with Gasteiger partial charge in [-0.25, -0.2) is 9.18 Å². The van der Waals surface area contributed by atoms with Crippen LogP contribution >= 0.6 is 0 Å². The number of hydrogen-bond donors (Lipinski definition) is 3. The number of rotatable bonds is 2. The number of aromatic amines is 1. The molecule has 0 aliphatic carbocycles. The SMILES string of the molecule is O=C(O)c1c[nH]c2cc(F)c(N3CCNCC3)cc2c1=O. The fourth-order valence-electron chi connectivity index (χ4n) is 2.54. The number of carbonyl (C=O) groups is 1. The molecular weight excluding hydrogens is 277 g/mol. The highest BCUT2D eigenvalue weighted by atomic mass is 19.1. The molecule has 110 valence electrons. The first-order valence-electron chi connectivity index (χ1n) is 6.62. The molecule has 6 nitrogen and oxygen atoms in total. The van der Waals surface area contributed by atoms with Crippen molar-refractivity contribution in [2.75, 3.05) is 31.1 Å². The van der Waals surface area contributed by atoms with Gasteiger partial charge in [-0.2, -0.15) is 0 Å². The summed E-state index contributed by atoms with van der Waals surface area (Å²) < 4.78 is 14.2. The van der Waals surface area contributed by atoms with Gasteiger partial charge in [0.1, 0.15) is 11.4 Å². The smallest absolute Gasteiger partial charge is 0.341 e. The molecule has 3 rings (SSSR count). The molecule has 0 radical (unpaired) electrons. The van der Waals surface area contributed by atoms with E-state index in [0.29, 0.717) is 24.3 Å². The van der Waals surface area contributed by atoms with E-state index in [0.717, 1.165) is 19.3 Å². The van der Waals surface area contributed by atoms with Crippen molar-refractivity contribution in [2.24, 2.45) is 0 Å². The Labute approximate surface area is 119 Å². The highest BCUT2D eigenvalue weighted by Gasteiger charge is 2.18. The van der Waals surface area contributed by atoms with Crippen LogP contribution in [0, 0.1) is 5.82 Å². The molecule has 1 aromatic carbocycles. The number of halogens is 1. The summed E-state index contributed by atoms with van der Waals surface area (Å²) in [5.74, 6) is -1.73. The van der Waals surface area contributed by atoms with E-state index in [1.807, 2.05) is 4.90 Å². The van der Waals surface area contributed by atoms with E-state index >= 15 is 0 Å². The van der Waals surface area contributed by atoms with Crippen LogP contribution < -0.4 is 15.6 Å². The number of aromatic nitrogens is 1. The molecule has 0 unspecified atom stereocenters. The van der Waals surface area contributed by atoms with Crippen molar-refractivity contribution in [3.63, 3.8) is 0 Å². The zero-order valence-electron chi connectivity index (χ0n) is 11.1. The minimum absolute atomic E-state index is 0.185. The summed E-state index contributed by atoms with van der Waals surface area (Å²) in [6, 6.07) is 2.67. The number of piperazine rings is 1. The van der Waals surface area contributed by atoms with Crippen LogP contribution in [0.2, 0.25) is 0 Å². The molecule has 1 saturated heterocycles. The Kier molecular flexibility index (Phi) is 3.34. The Morgan fingerprint density at radius 2 is 2.00 bits per heavy atom. The van der Waals surface area contributed by atoms with Crippen molar-refractivity contribution in [3.05, 3.63) is 39.9 Å². The van der Waals surface area contributed by atoms with E-state index < -0.39 is 17.2 Å². The molecule has 1 aliphatic rings. The molecule has 3 N–H and O–H groups in total. The fraction of sp³-hybridized carbons (Fsp3) is 0.286. The Bertz CT molecular complexity index is 766. The molecule has 21 heavy (non-hydrogen) atoms. The minimum Gasteiger partial charge on any atom is -0.477 e. The number of carboxylic acids is 1. The molecule has 0 amide bonds. The topological polar surface area (TPSA) is 85.4 Å². The molecule has 0 bridgehead atoms. The number of nitrogens with zero attached hydrogens (tertiary/aromatic N) is 1. The lowest BCUT2D eigenvalue weighted by atomic mass is 10.1. The number of pyridine rings is 1. The zero-order valence-corrected chi connectivity index (χ0v) is 11.1. The fourth-order valence-corrected chi connectivity index (χ4v) is 2.54. The molecule has 2 aromatic rings. The van der Waals surface area contributed by atoms with E-state index in [1.54, 1.807) is 0 Å². The van der Waals surface area contributed by atoms with Gasteiger partial charge >= 0.3 is 5.97 Å². The maximum Gasteiger partial charge on any atom is 0.341 e. The first-order chi connectivity index (χ1) is 10.1. The summed E-state index contributed by atoms with van der Waals surface area (Å²) in [5.41, 5.74) is -0.327. The van der Waals surface area contributed by atoms with Gasteiger partial charge in [-0.15, -0.1) is 0 Å². The Morgan fingerprint density at radius 1 is 1.29 bits per heavy atom. The quantitative estimate of drug-likeness (QED) is 0.761. The lowest BCUT2D eigenvalue weighted by Crippen LogP contribution is -2.43. The van der Waals surface area contributed by atoms with Crippen molar-refractivity contribution in [3.8, 4) is 0 Å². The van der Waals surface area contributed by atoms with Gasteiger partial charge in [-0.1, -0.05) is 0 Å². The van der Waals surface area contributed by atoms with E-state index in [-0.39, 0.29) is 10.9 Å². The normalized spacial score (nSPS) is 15.4. The van der Waals surface area contributed by atoms with Gasteiger partial charge in [0.25, 0.3) is 0 Å². The summed E-state index contributed by atoms with van der Waals surface area (Å²) >= 11 is 0. The molecule has 1 aromatic heterocycles. The number of hydrogen-bond acceptors (Lipinski definition) is 4. The lowest BCUT2D eigenvalue weighted by molar-refractivity contribution is 0.0695. The highest BCUT2D eigenvalue weighted by molar-refractivity contribution is 5.93. The first-order valence-corrected chi connectivity index (χ1v) is 6.62. The van der Waals surface area contributed by atoms with Crippen molar-refractivity contribution < 1.29 is 14.3 Å². The van der Waals surface area contributed by atoms with E-state index in [1.165, 1.54) is 12.1 Å². The van der Waals surface area contributed by atoms with Crippen LogP contribution in [-0.4, -0.2) is 42.2 Å². The largest absolute Gasteiger partial charge is 0.477 e. The van der Waals surface area contributed by atoms with E-state index in [9.17, 15) is 14.0 Å². The monoisotopic (exact) mass is 291 g/mol. The number of nitrogens with one attached hydrogen (secondary N) is 2. The third kappa shape index (κ3) is 2.36. The predicted molar refractivity (Wildman–Crippen MR) is 76.6 cm³/mol. The van der Waals surface area contributed by atoms with Crippen LogP contribution in [0.25, 0.3) is 10.9 Å². The second-order valence-corrected chi connectivity index (χ2v) is 4.92. The minimum atomic E-state index is -1.30. The van der Waals surface area contributed by atoms with Crippen molar-refractivity contribution in [1.29, 1.82) is 0 Å². The van der Waals surface area contributed by atoms with Crippen LogP contribution in [0.1, 0.15) is 10.4 Å². The van der Waals surface area contributed by atoms with Gasteiger partial charge in [-0.05, 0) is 6.07 Å². The molecule has 0 saturated carbocycles. The van der Waals surface area contributed by atoms with Gasteiger partial charge in [0.2, 0.25) is 5.43 Å². The summed E-state index contributed by atoms with van der Waals surface area (Å²) in [5, 5.41) is 12.3. The number of anilines is 1. The van der Waals surface area contributed by atoms with Gasteiger partial charge in [0.15, 0.2) is 0 Å². The molecular formula is C14H14FN3O3. The predicted octanol–water partition coefficient (Wildman–Crippen LogP) is 0.775. The van der Waals surface area contributed by atoms with Crippen LogP contribution in [0.3, 0.4) is 0 Å². The summed E-state index contributed by atoms with van der Waals surface area (Å²) in [7, 11) is 0. The number of aromatic carboxylic acids is 1. The van der Waals surface area contributed by atoms with Crippen molar-refractivity contribution in [2.45, 2.75) is 0 Å². The summed E-state index contributed by atoms with van der Waals surface area (Å²) in [4.78, 5) is 27.7. The van der Waals surface area contributed by atoms with Gasteiger partial charge in [-0.3, -0.25) is 4.79 Å². The number of H-pyrrole nitrogens is 1. The molecule has 1 aliphatic heterocycles. The van der Waals surface area contributed by atoms with Crippen LogP contribution in [0.5, 0.6) is 0 Å². The third-order valence-electron chi connectivity index (χ3n) is 3.64. The maximum absolute atomic E-state index is 14.2. The number of carboxylic acid groups (broad SMARTS) is 1. The standard InChI is InChI=1S/C14H14FN3O3/c15-10-6-11-8(13(19)9(7-17-11)14(20)21)5-12(10)18-3-1-16-2-4-18/h5-7,16H,1-4H2,(H,17,19)(H,20,21). The summed E-state index contributed by atoms with van der Waals surface area (Å²) in [6.07, 6.45) is 1.09. The highest BCUT2D eigenvalue weighted by Crippen LogP contribution is 2.24. The molecule has 2 heterocycles. The third-order valence-corrected chi connectivity index (χ3v) is 3.64. The van der Waals surface area contributed by atoms with E-state index in [4.69, 9.17) is 5.11 Å². The van der Waals surface area contributed by atoms with Crippen molar-refractivity contribution >= 4 is 22.6 Å². The maximum atomic E-state index is 14.2. The average Bonchev–Trinajstić information content (AvgIpc) is 2.47. The van der Waals surface area contributed by atoms with Crippen molar-refractivity contribution in [1.82, 2.24) is 10.3 Å². The summed E-state index contributed by atoms with van der Waals surface area (Å²) in [6.45, 7) is 2.75. The second kappa shape index (κ2) is 5.17. The Hall–Kier alpha value is -2.41. The molecule has 1 fully saturated rings.